The number of hydrogen-bond donors (Lipinski definition) is 3. The molecule has 0 saturated heterocycles. The summed E-state index contributed by atoms with van der Waals surface area (Å²) in [6.07, 6.45) is -4.49. The number of nitrogens with one attached hydrogen (secondary N) is 1. The predicted molar refractivity (Wildman–Crippen MR) is 146 cm³/mol. The molecule has 10 nitrogen and oxygen atoms in total. The Morgan fingerprint density at radius 3 is 2.53 bits per heavy atom. The third-order valence-corrected chi connectivity index (χ3v) is 7.36. The number of aromatic nitrogens is 5. The number of carbonyl (C=O) groups excluding carboxylic acids is 1. The number of pyridine rings is 1. The first-order valence-electron chi connectivity index (χ1n) is 12.5. The standard InChI is InChI=1S/C27H21ClF5N7O3/c1-12(23(41)42)9-13-3-6-17(35-11-13)25(2)18-20(34)36-22(37-21(18)38-24(25)43)19-15-5-4-14(28)10-16(15)40(39-19)8-7-26(29,30)27(31,32)33/h3-6,9-11H,7-8H2,1-2H3,(H,41,42)(H3,34,36,37,38,43). The summed E-state index contributed by atoms with van der Waals surface area (Å²) >= 11 is 6.06. The van der Waals surface area contributed by atoms with Crippen molar-refractivity contribution in [3.63, 3.8) is 0 Å². The lowest BCUT2D eigenvalue weighted by Gasteiger charge is -2.22. The highest BCUT2D eigenvalue weighted by Gasteiger charge is 2.57. The average Bonchev–Trinajstić information content (AvgIpc) is 3.41. The molecule has 0 spiro atoms. The summed E-state index contributed by atoms with van der Waals surface area (Å²) in [5.41, 5.74) is 6.11. The van der Waals surface area contributed by atoms with Crippen molar-refractivity contribution in [1.82, 2.24) is 24.7 Å². The highest BCUT2D eigenvalue weighted by molar-refractivity contribution is 6.31. The molecule has 0 saturated carbocycles. The van der Waals surface area contributed by atoms with Gasteiger partial charge >= 0.3 is 18.1 Å². The Hall–Kier alpha value is -4.66. The summed E-state index contributed by atoms with van der Waals surface area (Å²) < 4.78 is 66.6. The van der Waals surface area contributed by atoms with Gasteiger partial charge in [-0.2, -0.15) is 27.1 Å². The second kappa shape index (κ2) is 10.3. The highest BCUT2D eigenvalue weighted by Crippen LogP contribution is 2.45. The topological polar surface area (TPSA) is 149 Å². The molecule has 1 aromatic carbocycles. The number of hydrogen-bond acceptors (Lipinski definition) is 7. The van der Waals surface area contributed by atoms with Crippen LogP contribution in [0.2, 0.25) is 5.02 Å². The van der Waals surface area contributed by atoms with Crippen LogP contribution in [0.1, 0.15) is 37.1 Å². The number of nitrogen functional groups attached to an aromatic ring is 1. The highest BCUT2D eigenvalue weighted by atomic mass is 35.5. The maximum absolute atomic E-state index is 13.7. The number of carboxylic acid groups (broad SMARTS) is 1. The number of nitrogens with zero attached hydrogens (tertiary/aromatic N) is 5. The lowest BCUT2D eigenvalue weighted by Crippen LogP contribution is -2.37. The summed E-state index contributed by atoms with van der Waals surface area (Å²) in [6.45, 7) is 2.18. The largest absolute Gasteiger partial charge is 0.478 e. The van der Waals surface area contributed by atoms with E-state index in [2.05, 4.69) is 25.4 Å². The Morgan fingerprint density at radius 1 is 1.19 bits per heavy atom. The molecule has 43 heavy (non-hydrogen) atoms. The zero-order valence-electron chi connectivity index (χ0n) is 22.3. The SMILES string of the molecule is CC(=Cc1ccc(C2(C)C(=O)Nc3nc(-c4nn(CCC(F)(F)C(F)(F)F)c5cc(Cl)ccc45)nc(N)c32)nc1)C(=O)O. The van der Waals surface area contributed by atoms with Gasteiger partial charge in [0, 0.05) is 35.1 Å². The number of benzene rings is 1. The third-order valence-electron chi connectivity index (χ3n) is 7.12. The first-order valence-corrected chi connectivity index (χ1v) is 12.9. The van der Waals surface area contributed by atoms with Gasteiger partial charge in [0.15, 0.2) is 5.82 Å². The van der Waals surface area contributed by atoms with Crippen LogP contribution in [-0.2, 0) is 21.5 Å². The van der Waals surface area contributed by atoms with Crippen LogP contribution in [0, 0.1) is 0 Å². The molecule has 5 rings (SSSR count). The molecule has 224 valence electrons. The van der Waals surface area contributed by atoms with Crippen LogP contribution in [0.3, 0.4) is 0 Å². The van der Waals surface area contributed by atoms with E-state index in [1.54, 1.807) is 19.1 Å². The predicted octanol–water partition coefficient (Wildman–Crippen LogP) is 5.46. The minimum absolute atomic E-state index is 0.0161. The molecule has 0 fully saturated rings. The van der Waals surface area contributed by atoms with Crippen LogP contribution >= 0.6 is 11.6 Å². The van der Waals surface area contributed by atoms with Gasteiger partial charge < -0.3 is 16.2 Å². The Labute approximate surface area is 244 Å². The van der Waals surface area contributed by atoms with Gasteiger partial charge in [0.25, 0.3) is 0 Å². The smallest absolute Gasteiger partial charge is 0.453 e. The average molecular weight is 622 g/mol. The first kappa shape index (κ1) is 29.8. The van der Waals surface area contributed by atoms with Crippen molar-refractivity contribution in [3.8, 4) is 11.5 Å². The number of amides is 1. The van der Waals surface area contributed by atoms with Crippen molar-refractivity contribution >= 4 is 52.1 Å². The maximum atomic E-state index is 13.7. The fourth-order valence-corrected chi connectivity index (χ4v) is 4.89. The van der Waals surface area contributed by atoms with Crippen LogP contribution in [0.15, 0.2) is 42.1 Å². The summed E-state index contributed by atoms with van der Waals surface area (Å²) in [5, 5.41) is 16.4. The summed E-state index contributed by atoms with van der Waals surface area (Å²) in [4.78, 5) is 37.4. The Morgan fingerprint density at radius 2 is 1.91 bits per heavy atom. The molecular formula is C27H21ClF5N7O3. The van der Waals surface area contributed by atoms with Gasteiger partial charge in [-0.3, -0.25) is 14.5 Å². The van der Waals surface area contributed by atoms with E-state index < -0.39 is 42.4 Å². The molecule has 1 unspecified atom stereocenters. The van der Waals surface area contributed by atoms with Crippen molar-refractivity contribution in [2.24, 2.45) is 0 Å². The summed E-state index contributed by atoms with van der Waals surface area (Å²) in [6, 6.07) is 7.44. The maximum Gasteiger partial charge on any atom is 0.453 e. The molecular weight excluding hydrogens is 601 g/mol. The van der Waals surface area contributed by atoms with E-state index in [0.29, 0.717) is 10.9 Å². The minimum atomic E-state index is -5.73. The van der Waals surface area contributed by atoms with Gasteiger partial charge in [-0.1, -0.05) is 17.7 Å². The Bertz CT molecular complexity index is 1820. The zero-order valence-corrected chi connectivity index (χ0v) is 23.1. The van der Waals surface area contributed by atoms with Gasteiger partial charge in [-0.15, -0.1) is 0 Å². The molecule has 4 heterocycles. The van der Waals surface area contributed by atoms with Crippen LogP contribution in [0.4, 0.5) is 33.6 Å². The number of halogens is 6. The van der Waals surface area contributed by atoms with E-state index in [9.17, 15) is 31.5 Å². The molecule has 16 heteroatoms. The van der Waals surface area contributed by atoms with Gasteiger partial charge in [0.05, 0.1) is 16.8 Å². The number of aryl methyl sites for hydroxylation is 1. The van der Waals surface area contributed by atoms with Gasteiger partial charge in [-0.05, 0) is 49.8 Å². The van der Waals surface area contributed by atoms with E-state index in [-0.39, 0.29) is 50.5 Å². The molecule has 0 radical (unpaired) electrons. The molecule has 1 aliphatic rings. The Balaban J connectivity index is 1.55. The number of carbonyl (C=O) groups is 2. The second-order valence-corrected chi connectivity index (χ2v) is 10.5. The van der Waals surface area contributed by atoms with Gasteiger partial charge in [0.2, 0.25) is 5.91 Å². The van der Waals surface area contributed by atoms with Gasteiger partial charge in [-0.25, -0.2) is 14.8 Å². The molecule has 4 N–H and O–H groups in total. The number of aliphatic carboxylic acids is 1. The van der Waals surface area contributed by atoms with Crippen molar-refractivity contribution in [1.29, 1.82) is 0 Å². The number of nitrogens with two attached hydrogens (primary N) is 1. The number of alkyl halides is 5. The van der Waals surface area contributed by atoms with Crippen molar-refractivity contribution < 1.29 is 36.6 Å². The van der Waals surface area contributed by atoms with E-state index >= 15 is 0 Å². The first-order chi connectivity index (χ1) is 20.0. The van der Waals surface area contributed by atoms with E-state index in [0.717, 1.165) is 4.68 Å². The number of rotatable bonds is 7. The van der Waals surface area contributed by atoms with Crippen LogP contribution in [-0.4, -0.2) is 53.8 Å². The van der Waals surface area contributed by atoms with Crippen LogP contribution in [0.25, 0.3) is 28.5 Å². The molecule has 0 bridgehead atoms. The van der Waals surface area contributed by atoms with Gasteiger partial charge in [0.1, 0.15) is 22.7 Å². The van der Waals surface area contributed by atoms with E-state index in [1.165, 1.54) is 37.4 Å². The van der Waals surface area contributed by atoms with Crippen LogP contribution < -0.4 is 11.1 Å². The monoisotopic (exact) mass is 621 g/mol. The second-order valence-electron chi connectivity index (χ2n) is 10.0. The fraction of sp³-hybridized carbons (Fsp3) is 0.259. The molecule has 1 aliphatic heterocycles. The van der Waals surface area contributed by atoms with Crippen molar-refractivity contribution in [2.75, 3.05) is 11.1 Å². The molecule has 1 amide bonds. The number of fused-ring (bicyclic) bond motifs is 2. The van der Waals surface area contributed by atoms with Crippen molar-refractivity contribution in [2.45, 2.75) is 44.3 Å². The zero-order chi connectivity index (χ0) is 31.5. The fourth-order valence-electron chi connectivity index (χ4n) is 4.73. The Kier molecular flexibility index (Phi) is 7.11. The molecule has 3 aromatic heterocycles. The number of carboxylic acids is 1. The molecule has 0 aliphatic carbocycles. The van der Waals surface area contributed by atoms with E-state index in [4.69, 9.17) is 22.4 Å². The summed E-state index contributed by atoms with van der Waals surface area (Å²) in [5.74, 6) is -6.80. The minimum Gasteiger partial charge on any atom is -0.478 e. The normalized spacial score (nSPS) is 17.3. The van der Waals surface area contributed by atoms with Crippen molar-refractivity contribution in [3.05, 3.63) is 63.9 Å². The lowest BCUT2D eigenvalue weighted by molar-refractivity contribution is -0.285. The van der Waals surface area contributed by atoms with Crippen LogP contribution in [0.5, 0.6) is 0 Å². The third kappa shape index (κ3) is 5.13. The molecule has 4 aromatic rings. The quantitative estimate of drug-likeness (QED) is 0.182. The molecule has 1 atom stereocenters. The summed E-state index contributed by atoms with van der Waals surface area (Å²) in [7, 11) is 0. The van der Waals surface area contributed by atoms with E-state index in [1.807, 2.05) is 0 Å². The number of anilines is 2. The lowest BCUT2D eigenvalue weighted by atomic mass is 9.80.